The van der Waals surface area contributed by atoms with Crippen LogP contribution in [0.3, 0.4) is 0 Å². The summed E-state index contributed by atoms with van der Waals surface area (Å²) in [5, 5.41) is 12.4. The zero-order valence-corrected chi connectivity index (χ0v) is 15.2. The lowest BCUT2D eigenvalue weighted by Gasteiger charge is -2.18. The van der Waals surface area contributed by atoms with Crippen molar-refractivity contribution in [3.8, 4) is 0 Å². The van der Waals surface area contributed by atoms with Crippen LogP contribution in [-0.4, -0.2) is 45.1 Å². The van der Waals surface area contributed by atoms with E-state index >= 15 is 0 Å². The third-order valence-corrected chi connectivity index (χ3v) is 5.04. The van der Waals surface area contributed by atoms with Gasteiger partial charge < -0.3 is 10.2 Å². The van der Waals surface area contributed by atoms with Crippen molar-refractivity contribution in [3.63, 3.8) is 0 Å². The van der Waals surface area contributed by atoms with Crippen molar-refractivity contribution in [1.82, 2.24) is 24.9 Å². The third kappa shape index (κ3) is 3.69. The molecule has 8 nitrogen and oxygen atoms in total. The highest BCUT2D eigenvalue weighted by Crippen LogP contribution is 2.21. The number of nitrogens with one attached hydrogen (secondary N) is 1. The van der Waals surface area contributed by atoms with E-state index in [0.717, 1.165) is 36.1 Å². The van der Waals surface area contributed by atoms with E-state index in [4.69, 9.17) is 0 Å². The molecule has 0 saturated carbocycles. The minimum atomic E-state index is -0.115. The highest BCUT2D eigenvalue weighted by molar-refractivity contribution is 5.81. The Hall–Kier alpha value is -3.16. The smallest absolute Gasteiger partial charge is 0.268 e. The molecule has 0 spiro atoms. The summed E-state index contributed by atoms with van der Waals surface area (Å²) < 4.78 is 3.04. The Morgan fingerprint density at radius 3 is 2.96 bits per heavy atom. The molecule has 1 aromatic carbocycles. The number of carbonyl (C=O) groups is 1. The fraction of sp³-hybridized carbons (Fsp3) is 0.368. The fourth-order valence-electron chi connectivity index (χ4n) is 3.47. The van der Waals surface area contributed by atoms with E-state index in [9.17, 15) is 9.59 Å². The number of carbonyl (C=O) groups excluding carboxylic acids is 1. The maximum Gasteiger partial charge on any atom is 0.268 e. The molecule has 1 unspecified atom stereocenters. The molecule has 1 aliphatic heterocycles. The number of hydrogen-bond acceptors (Lipinski definition) is 5. The number of hydrogen-bond donors (Lipinski definition) is 1. The van der Waals surface area contributed by atoms with Gasteiger partial charge in [0.05, 0.1) is 23.6 Å². The minimum absolute atomic E-state index is 0.0439. The lowest BCUT2D eigenvalue weighted by atomic mass is 10.1. The minimum Gasteiger partial charge on any atom is -0.370 e. The van der Waals surface area contributed by atoms with Crippen LogP contribution in [0, 0.1) is 5.92 Å². The van der Waals surface area contributed by atoms with Gasteiger partial charge in [0.25, 0.3) is 5.56 Å². The van der Waals surface area contributed by atoms with Gasteiger partial charge in [-0.2, -0.15) is 10.2 Å². The average molecular weight is 366 g/mol. The summed E-state index contributed by atoms with van der Waals surface area (Å²) in [5.41, 5.74) is 1.68. The molecule has 4 rings (SSSR count). The molecule has 0 aliphatic carbocycles. The lowest BCUT2D eigenvalue weighted by Crippen LogP contribution is -2.33. The first-order valence-corrected chi connectivity index (χ1v) is 9.06. The van der Waals surface area contributed by atoms with Gasteiger partial charge in [-0.15, -0.1) is 0 Å². The molecule has 1 atom stereocenters. The molecule has 1 saturated heterocycles. The van der Waals surface area contributed by atoms with E-state index in [2.05, 4.69) is 20.4 Å². The third-order valence-electron chi connectivity index (χ3n) is 5.04. The molecule has 1 N–H and O–H groups in total. The van der Waals surface area contributed by atoms with E-state index in [0.29, 0.717) is 12.5 Å². The van der Waals surface area contributed by atoms with Crippen LogP contribution in [0.5, 0.6) is 0 Å². The van der Waals surface area contributed by atoms with Gasteiger partial charge in [0.2, 0.25) is 5.91 Å². The van der Waals surface area contributed by atoms with Crippen LogP contribution in [-0.2, 0) is 18.4 Å². The Bertz CT molecular complexity index is 1020. The largest absolute Gasteiger partial charge is 0.370 e. The van der Waals surface area contributed by atoms with Crippen LogP contribution >= 0.6 is 0 Å². The van der Waals surface area contributed by atoms with Crippen molar-refractivity contribution in [2.75, 3.05) is 24.5 Å². The van der Waals surface area contributed by atoms with E-state index in [-0.39, 0.29) is 18.0 Å². The van der Waals surface area contributed by atoms with Gasteiger partial charge >= 0.3 is 0 Å². The van der Waals surface area contributed by atoms with Crippen molar-refractivity contribution >= 4 is 22.5 Å². The van der Waals surface area contributed by atoms with Crippen molar-refractivity contribution < 1.29 is 4.79 Å². The predicted octanol–water partition coefficient (Wildman–Crippen LogP) is 0.773. The molecular weight excluding hydrogens is 344 g/mol. The SMILES string of the molecule is Cn1ncc(N2CCC(CNC(=O)Cn3ncc4ccccc43)C2)cc1=O. The van der Waals surface area contributed by atoms with Crippen molar-refractivity contribution in [3.05, 3.63) is 53.1 Å². The maximum absolute atomic E-state index is 12.3. The number of fused-ring (bicyclic) bond motifs is 1. The molecule has 0 radical (unpaired) electrons. The van der Waals surface area contributed by atoms with Crippen molar-refractivity contribution in [1.29, 1.82) is 0 Å². The number of amides is 1. The van der Waals surface area contributed by atoms with E-state index in [1.807, 2.05) is 24.3 Å². The van der Waals surface area contributed by atoms with Crippen LogP contribution in [0.25, 0.3) is 10.9 Å². The first kappa shape index (κ1) is 17.3. The number of rotatable bonds is 5. The molecule has 27 heavy (non-hydrogen) atoms. The molecule has 3 aromatic rings. The summed E-state index contributed by atoms with van der Waals surface area (Å²) in [6, 6.07) is 9.45. The van der Waals surface area contributed by atoms with Gasteiger partial charge in [-0.1, -0.05) is 18.2 Å². The topological polar surface area (TPSA) is 85.1 Å². The Morgan fingerprint density at radius 2 is 2.11 bits per heavy atom. The Kier molecular flexibility index (Phi) is 4.62. The second-order valence-electron chi connectivity index (χ2n) is 6.94. The van der Waals surface area contributed by atoms with E-state index in [1.165, 1.54) is 4.68 Å². The zero-order valence-electron chi connectivity index (χ0n) is 15.2. The Labute approximate surface area is 156 Å². The molecule has 2 aromatic heterocycles. The number of anilines is 1. The quantitative estimate of drug-likeness (QED) is 0.721. The Balaban J connectivity index is 1.31. The summed E-state index contributed by atoms with van der Waals surface area (Å²) in [6.07, 6.45) is 4.46. The highest BCUT2D eigenvalue weighted by Gasteiger charge is 2.23. The molecule has 8 heteroatoms. The van der Waals surface area contributed by atoms with E-state index < -0.39 is 0 Å². The second kappa shape index (κ2) is 7.22. The Morgan fingerprint density at radius 1 is 1.26 bits per heavy atom. The number of aryl methyl sites for hydroxylation is 1. The first-order valence-electron chi connectivity index (χ1n) is 9.06. The van der Waals surface area contributed by atoms with Crippen molar-refractivity contribution in [2.45, 2.75) is 13.0 Å². The highest BCUT2D eigenvalue weighted by atomic mass is 16.2. The van der Waals surface area contributed by atoms with Crippen LogP contribution in [0.15, 0.2) is 47.5 Å². The molecular formula is C19H22N6O2. The summed E-state index contributed by atoms with van der Waals surface area (Å²) >= 11 is 0. The number of para-hydroxylation sites is 1. The second-order valence-corrected chi connectivity index (χ2v) is 6.94. The monoisotopic (exact) mass is 366 g/mol. The predicted molar refractivity (Wildman–Crippen MR) is 103 cm³/mol. The van der Waals surface area contributed by atoms with Crippen LogP contribution < -0.4 is 15.8 Å². The van der Waals surface area contributed by atoms with Gasteiger partial charge in [0.1, 0.15) is 6.54 Å². The fourth-order valence-corrected chi connectivity index (χ4v) is 3.47. The standard InChI is InChI=1S/C19H22N6O2/c1-23-19(27)8-16(11-21-23)24-7-6-14(12-24)9-20-18(26)13-25-17-5-3-2-4-15(17)10-22-25/h2-5,8,10-11,14H,6-7,9,12-13H2,1H3,(H,20,26). The summed E-state index contributed by atoms with van der Waals surface area (Å²) in [6.45, 7) is 2.49. The van der Waals surface area contributed by atoms with Gasteiger partial charge in [-0.05, 0) is 18.4 Å². The number of aromatic nitrogens is 4. The van der Waals surface area contributed by atoms with E-state index in [1.54, 1.807) is 30.2 Å². The lowest BCUT2D eigenvalue weighted by molar-refractivity contribution is -0.121. The first-order chi connectivity index (χ1) is 13.1. The van der Waals surface area contributed by atoms with Crippen LogP contribution in [0.4, 0.5) is 5.69 Å². The van der Waals surface area contributed by atoms with Gasteiger partial charge in [0.15, 0.2) is 0 Å². The van der Waals surface area contributed by atoms with Crippen LogP contribution in [0.2, 0.25) is 0 Å². The molecule has 3 heterocycles. The van der Waals surface area contributed by atoms with Gasteiger partial charge in [-0.25, -0.2) is 4.68 Å². The van der Waals surface area contributed by atoms with Gasteiger partial charge in [0, 0.05) is 38.1 Å². The average Bonchev–Trinajstić information content (AvgIpc) is 3.30. The molecule has 140 valence electrons. The number of benzene rings is 1. The van der Waals surface area contributed by atoms with Crippen molar-refractivity contribution in [2.24, 2.45) is 13.0 Å². The molecule has 1 aliphatic rings. The molecule has 1 amide bonds. The molecule has 0 bridgehead atoms. The zero-order chi connectivity index (χ0) is 18.8. The maximum atomic E-state index is 12.3. The summed E-state index contributed by atoms with van der Waals surface area (Å²) in [4.78, 5) is 26.2. The normalized spacial score (nSPS) is 16.8. The van der Waals surface area contributed by atoms with Crippen LogP contribution in [0.1, 0.15) is 6.42 Å². The summed E-state index contributed by atoms with van der Waals surface area (Å²) in [7, 11) is 1.64. The number of nitrogens with zero attached hydrogens (tertiary/aromatic N) is 5. The summed E-state index contributed by atoms with van der Waals surface area (Å²) in [5.74, 6) is 0.310. The molecule has 1 fully saturated rings. The van der Waals surface area contributed by atoms with Gasteiger partial charge in [-0.3, -0.25) is 14.3 Å².